The summed E-state index contributed by atoms with van der Waals surface area (Å²) in [5, 5.41) is 0. The van der Waals surface area contributed by atoms with Crippen LogP contribution in [0.1, 0.15) is 37.7 Å². The Kier molecular flexibility index (Phi) is 3.37. The van der Waals surface area contributed by atoms with Gasteiger partial charge >= 0.3 is 6.18 Å². The maximum absolute atomic E-state index is 12.8. The van der Waals surface area contributed by atoms with Crippen molar-refractivity contribution in [1.29, 1.82) is 0 Å². The fraction of sp³-hybridized carbons (Fsp3) is 0.385. The van der Waals surface area contributed by atoms with Crippen LogP contribution < -0.4 is 0 Å². The number of thiophene rings is 1. The first-order valence-corrected chi connectivity index (χ1v) is 7.03. The largest absolute Gasteiger partial charge is 0.434 e. The number of hydrogen-bond donors (Lipinski definition) is 0. The molecule has 3 rings (SSSR count). The lowest BCUT2D eigenvalue weighted by atomic mass is 10.1. The van der Waals surface area contributed by atoms with Crippen LogP contribution in [0.15, 0.2) is 12.3 Å². The number of hydrogen-bond acceptors (Lipinski definition) is 4. The fourth-order valence-electron chi connectivity index (χ4n) is 2.37. The number of aromatic nitrogens is 2. The number of alkyl halides is 3. The molecule has 0 amide bonds. The van der Waals surface area contributed by atoms with Crippen LogP contribution in [0.4, 0.5) is 13.2 Å². The molecule has 0 aliphatic carbocycles. The Morgan fingerprint density at radius 3 is 2.90 bits per heavy atom. The number of ether oxygens (including phenoxy) is 1. The van der Waals surface area contributed by atoms with Crippen molar-refractivity contribution in [2.75, 3.05) is 6.61 Å². The number of halogens is 3. The molecular formula is C13H11F3N2O2S. The van der Waals surface area contributed by atoms with Gasteiger partial charge in [0.25, 0.3) is 0 Å². The lowest BCUT2D eigenvalue weighted by Gasteiger charge is -2.24. The van der Waals surface area contributed by atoms with Gasteiger partial charge in [0.15, 0.2) is 12.0 Å². The highest BCUT2D eigenvalue weighted by Gasteiger charge is 2.37. The molecule has 112 valence electrons. The molecule has 1 atom stereocenters. The minimum atomic E-state index is -4.48. The van der Waals surface area contributed by atoms with E-state index in [-0.39, 0.29) is 5.82 Å². The van der Waals surface area contributed by atoms with Gasteiger partial charge in [-0.2, -0.15) is 13.2 Å². The Balaban J connectivity index is 2.05. The number of nitrogens with zero attached hydrogens (tertiary/aromatic N) is 2. The van der Waals surface area contributed by atoms with E-state index in [0.717, 1.165) is 17.4 Å². The van der Waals surface area contributed by atoms with E-state index >= 15 is 0 Å². The highest BCUT2D eigenvalue weighted by atomic mass is 32.1. The predicted octanol–water partition coefficient (Wildman–Crippen LogP) is 3.20. The molecule has 0 N–H and O–H groups in total. The molecule has 8 heteroatoms. The molecule has 0 aromatic carbocycles. The van der Waals surface area contributed by atoms with Crippen molar-refractivity contribution in [1.82, 2.24) is 9.55 Å². The SMILES string of the molecule is Cc1sc(C=O)cc1C1OCCn2cc(C(F)(F)F)nc21. The molecular weight excluding hydrogens is 305 g/mol. The number of imidazole rings is 1. The van der Waals surface area contributed by atoms with Gasteiger partial charge in [0.2, 0.25) is 0 Å². The van der Waals surface area contributed by atoms with E-state index in [1.54, 1.807) is 6.07 Å². The van der Waals surface area contributed by atoms with E-state index in [1.165, 1.54) is 15.9 Å². The Hall–Kier alpha value is -1.67. The first-order valence-electron chi connectivity index (χ1n) is 6.21. The number of fused-ring (bicyclic) bond motifs is 1. The van der Waals surface area contributed by atoms with Crippen LogP contribution in [0.3, 0.4) is 0 Å². The number of aryl methyl sites for hydroxylation is 1. The van der Waals surface area contributed by atoms with Crippen molar-refractivity contribution >= 4 is 17.6 Å². The number of aldehydes is 1. The Bertz CT molecular complexity index is 690. The molecule has 0 fully saturated rings. The first-order chi connectivity index (χ1) is 9.90. The van der Waals surface area contributed by atoms with Gasteiger partial charge in [-0.3, -0.25) is 4.79 Å². The lowest BCUT2D eigenvalue weighted by molar-refractivity contribution is -0.141. The highest BCUT2D eigenvalue weighted by molar-refractivity contribution is 7.13. The molecule has 2 aromatic heterocycles. The van der Waals surface area contributed by atoms with Crippen LogP contribution in [0, 0.1) is 6.92 Å². The molecule has 1 aliphatic rings. The Labute approximate surface area is 122 Å². The van der Waals surface area contributed by atoms with Gasteiger partial charge in [0.1, 0.15) is 11.9 Å². The van der Waals surface area contributed by atoms with Crippen LogP contribution in [0.5, 0.6) is 0 Å². The van der Waals surface area contributed by atoms with Crippen molar-refractivity contribution in [3.63, 3.8) is 0 Å². The third kappa shape index (κ3) is 2.49. The molecule has 0 bridgehead atoms. The summed E-state index contributed by atoms with van der Waals surface area (Å²) in [6.07, 6.45) is -3.42. The summed E-state index contributed by atoms with van der Waals surface area (Å²) in [5.41, 5.74) is -0.223. The number of carbonyl (C=O) groups excluding carboxylic acids is 1. The number of carbonyl (C=O) groups is 1. The van der Waals surface area contributed by atoms with Crippen molar-refractivity contribution in [2.45, 2.75) is 25.7 Å². The van der Waals surface area contributed by atoms with Crippen LogP contribution in [0.25, 0.3) is 0 Å². The normalized spacial score (nSPS) is 18.6. The average molecular weight is 316 g/mol. The minimum absolute atomic E-state index is 0.229. The molecule has 3 heterocycles. The average Bonchev–Trinajstić information content (AvgIpc) is 3.01. The quantitative estimate of drug-likeness (QED) is 0.799. The van der Waals surface area contributed by atoms with Crippen LogP contribution in [-0.2, 0) is 17.5 Å². The predicted molar refractivity (Wildman–Crippen MR) is 69.5 cm³/mol. The van der Waals surface area contributed by atoms with Crippen LogP contribution in [-0.4, -0.2) is 22.4 Å². The molecule has 1 aliphatic heterocycles. The van der Waals surface area contributed by atoms with E-state index < -0.39 is 18.0 Å². The van der Waals surface area contributed by atoms with Crippen molar-refractivity contribution < 1.29 is 22.7 Å². The smallest absolute Gasteiger partial charge is 0.364 e. The molecule has 0 spiro atoms. The van der Waals surface area contributed by atoms with E-state index in [1.807, 2.05) is 6.92 Å². The molecule has 21 heavy (non-hydrogen) atoms. The summed E-state index contributed by atoms with van der Waals surface area (Å²) in [7, 11) is 0. The summed E-state index contributed by atoms with van der Waals surface area (Å²) >= 11 is 1.29. The summed E-state index contributed by atoms with van der Waals surface area (Å²) in [6.45, 7) is 2.44. The minimum Gasteiger partial charge on any atom is -0.364 e. The van der Waals surface area contributed by atoms with Crippen LogP contribution >= 0.6 is 11.3 Å². The van der Waals surface area contributed by atoms with E-state index in [0.29, 0.717) is 23.6 Å². The second-order valence-electron chi connectivity index (χ2n) is 4.70. The van der Waals surface area contributed by atoms with Gasteiger partial charge in [0.05, 0.1) is 11.5 Å². The van der Waals surface area contributed by atoms with E-state index in [2.05, 4.69) is 4.98 Å². The standard InChI is InChI=1S/C13H11F3N2O2S/c1-7-9(4-8(6-19)21-7)11-12-17-10(13(14,15)16)5-18(12)2-3-20-11/h4-6,11H,2-3H2,1H3. The van der Waals surface area contributed by atoms with Crippen molar-refractivity contribution in [3.05, 3.63) is 39.1 Å². The van der Waals surface area contributed by atoms with Gasteiger partial charge in [-0.15, -0.1) is 11.3 Å². The zero-order valence-corrected chi connectivity index (χ0v) is 11.8. The fourth-order valence-corrected chi connectivity index (χ4v) is 3.24. The maximum atomic E-state index is 12.8. The summed E-state index contributed by atoms with van der Waals surface area (Å²) in [6, 6.07) is 1.65. The Morgan fingerprint density at radius 2 is 2.29 bits per heavy atom. The zero-order valence-electron chi connectivity index (χ0n) is 11.0. The Morgan fingerprint density at radius 1 is 1.52 bits per heavy atom. The third-order valence-corrected chi connectivity index (χ3v) is 4.31. The third-order valence-electron chi connectivity index (χ3n) is 3.32. The molecule has 4 nitrogen and oxygen atoms in total. The van der Waals surface area contributed by atoms with Crippen LogP contribution in [0.2, 0.25) is 0 Å². The van der Waals surface area contributed by atoms with Gasteiger partial charge < -0.3 is 9.30 Å². The molecule has 2 aromatic rings. The summed E-state index contributed by atoms with van der Waals surface area (Å²) in [5.74, 6) is 0.229. The second kappa shape index (κ2) is 4.96. The summed E-state index contributed by atoms with van der Waals surface area (Å²) < 4.78 is 45.4. The van der Waals surface area contributed by atoms with Crippen molar-refractivity contribution in [2.24, 2.45) is 0 Å². The first kappa shape index (κ1) is 14.3. The molecule has 1 unspecified atom stereocenters. The number of rotatable bonds is 2. The zero-order chi connectivity index (χ0) is 15.2. The van der Waals surface area contributed by atoms with Gasteiger partial charge in [-0.05, 0) is 13.0 Å². The van der Waals surface area contributed by atoms with E-state index in [9.17, 15) is 18.0 Å². The molecule has 0 radical (unpaired) electrons. The topological polar surface area (TPSA) is 44.1 Å². The monoisotopic (exact) mass is 316 g/mol. The lowest BCUT2D eigenvalue weighted by Crippen LogP contribution is -2.22. The van der Waals surface area contributed by atoms with Gasteiger partial charge in [-0.25, -0.2) is 4.98 Å². The maximum Gasteiger partial charge on any atom is 0.434 e. The van der Waals surface area contributed by atoms with Crippen molar-refractivity contribution in [3.8, 4) is 0 Å². The highest BCUT2D eigenvalue weighted by Crippen LogP contribution is 2.37. The summed E-state index contributed by atoms with van der Waals surface area (Å²) in [4.78, 5) is 15.9. The van der Waals surface area contributed by atoms with Gasteiger partial charge in [0, 0.05) is 23.2 Å². The van der Waals surface area contributed by atoms with E-state index in [4.69, 9.17) is 4.74 Å². The molecule has 0 saturated carbocycles. The molecule has 0 saturated heterocycles. The van der Waals surface area contributed by atoms with Gasteiger partial charge in [-0.1, -0.05) is 0 Å². The second-order valence-corrected chi connectivity index (χ2v) is 5.99.